The molecule has 2 aliphatic rings. The number of nitrogens with zero attached hydrogens (tertiary/aromatic N) is 3. The van der Waals surface area contributed by atoms with Crippen molar-refractivity contribution in [2.75, 3.05) is 4.90 Å². The van der Waals surface area contributed by atoms with Gasteiger partial charge in [-0.3, -0.25) is 9.69 Å². The van der Waals surface area contributed by atoms with E-state index in [0.717, 1.165) is 55.4 Å². The zero-order chi connectivity index (χ0) is 16.1. The van der Waals surface area contributed by atoms with Crippen molar-refractivity contribution in [3.63, 3.8) is 0 Å². The first-order valence-corrected chi connectivity index (χ1v) is 8.48. The SMILES string of the molecule is O=C(c1noc2c1CCCC2)N(c1nc2ccccc2o1)C1CC1. The van der Waals surface area contributed by atoms with E-state index in [1.165, 1.54) is 0 Å². The standard InChI is InChI=1S/C18H17N3O3/c22-17(16-12-5-1-3-7-14(12)24-20-16)21(11-9-10-11)18-19-13-6-2-4-8-15(13)23-18/h2,4,6,8,11H,1,3,5,7,9-10H2. The molecule has 24 heavy (non-hydrogen) atoms. The highest BCUT2D eigenvalue weighted by Crippen LogP contribution is 2.35. The molecule has 6 heteroatoms. The Morgan fingerprint density at radius 3 is 2.83 bits per heavy atom. The second-order valence-corrected chi connectivity index (χ2v) is 6.51. The lowest BCUT2D eigenvalue weighted by molar-refractivity contribution is 0.0970. The number of fused-ring (bicyclic) bond motifs is 2. The van der Waals surface area contributed by atoms with Crippen molar-refractivity contribution >= 4 is 23.0 Å². The summed E-state index contributed by atoms with van der Waals surface area (Å²) >= 11 is 0. The largest absolute Gasteiger partial charge is 0.423 e. The molecular formula is C18H17N3O3. The van der Waals surface area contributed by atoms with E-state index >= 15 is 0 Å². The molecule has 122 valence electrons. The maximum absolute atomic E-state index is 13.1. The molecule has 0 unspecified atom stereocenters. The summed E-state index contributed by atoms with van der Waals surface area (Å²) in [6.07, 6.45) is 5.80. The van der Waals surface area contributed by atoms with Gasteiger partial charge in [0.1, 0.15) is 11.3 Å². The van der Waals surface area contributed by atoms with Crippen LogP contribution in [-0.4, -0.2) is 22.1 Å². The van der Waals surface area contributed by atoms with Crippen LogP contribution in [0.2, 0.25) is 0 Å². The van der Waals surface area contributed by atoms with Crippen molar-refractivity contribution in [1.29, 1.82) is 0 Å². The van der Waals surface area contributed by atoms with Crippen molar-refractivity contribution in [2.24, 2.45) is 0 Å². The molecule has 3 aromatic rings. The number of carbonyl (C=O) groups is 1. The second kappa shape index (κ2) is 5.19. The summed E-state index contributed by atoms with van der Waals surface area (Å²) in [7, 11) is 0. The number of carbonyl (C=O) groups excluding carboxylic acids is 1. The summed E-state index contributed by atoms with van der Waals surface area (Å²) < 4.78 is 11.2. The fourth-order valence-corrected chi connectivity index (χ4v) is 3.37. The Kier molecular flexibility index (Phi) is 2.98. The van der Waals surface area contributed by atoms with E-state index in [0.29, 0.717) is 17.3 Å². The van der Waals surface area contributed by atoms with Crippen LogP contribution in [0.3, 0.4) is 0 Å². The minimum absolute atomic E-state index is 0.140. The fourth-order valence-electron chi connectivity index (χ4n) is 3.37. The van der Waals surface area contributed by atoms with Crippen molar-refractivity contribution in [1.82, 2.24) is 10.1 Å². The molecule has 1 amide bonds. The van der Waals surface area contributed by atoms with E-state index in [4.69, 9.17) is 8.94 Å². The third-order valence-electron chi connectivity index (χ3n) is 4.77. The molecule has 2 aromatic heterocycles. The maximum atomic E-state index is 13.1. The Morgan fingerprint density at radius 2 is 2.00 bits per heavy atom. The molecule has 2 heterocycles. The van der Waals surface area contributed by atoms with Gasteiger partial charge >= 0.3 is 6.01 Å². The van der Waals surface area contributed by atoms with E-state index in [-0.39, 0.29) is 11.9 Å². The number of hydrogen-bond donors (Lipinski definition) is 0. The molecule has 6 nitrogen and oxygen atoms in total. The van der Waals surface area contributed by atoms with Gasteiger partial charge < -0.3 is 8.94 Å². The predicted octanol–water partition coefficient (Wildman–Crippen LogP) is 3.50. The average molecular weight is 323 g/mol. The van der Waals surface area contributed by atoms with Gasteiger partial charge in [-0.2, -0.15) is 4.98 Å². The topological polar surface area (TPSA) is 72.4 Å². The molecule has 1 aromatic carbocycles. The van der Waals surface area contributed by atoms with Crippen LogP contribution in [0.1, 0.15) is 47.5 Å². The molecule has 0 aliphatic heterocycles. The molecule has 1 saturated carbocycles. The molecular weight excluding hydrogens is 306 g/mol. The average Bonchev–Trinajstić information content (AvgIpc) is 3.20. The van der Waals surface area contributed by atoms with Crippen molar-refractivity contribution in [3.05, 3.63) is 41.3 Å². The Labute approximate surface area is 138 Å². The van der Waals surface area contributed by atoms with Gasteiger partial charge in [0.2, 0.25) is 0 Å². The molecule has 0 spiro atoms. The van der Waals surface area contributed by atoms with Crippen molar-refractivity contribution in [3.8, 4) is 0 Å². The molecule has 5 rings (SSSR count). The minimum atomic E-state index is -0.157. The van der Waals surface area contributed by atoms with Crippen LogP contribution >= 0.6 is 0 Å². The van der Waals surface area contributed by atoms with Gasteiger partial charge in [-0.05, 0) is 44.2 Å². The van der Waals surface area contributed by atoms with Crippen LogP contribution < -0.4 is 4.90 Å². The highest BCUT2D eigenvalue weighted by atomic mass is 16.5. The molecule has 0 bridgehead atoms. The number of anilines is 1. The lowest BCUT2D eigenvalue weighted by Gasteiger charge is -2.17. The molecule has 1 fully saturated rings. The number of aryl methyl sites for hydroxylation is 1. The smallest absolute Gasteiger partial charge is 0.305 e. The van der Waals surface area contributed by atoms with Gasteiger partial charge in [-0.1, -0.05) is 17.3 Å². The van der Waals surface area contributed by atoms with Gasteiger partial charge in [-0.15, -0.1) is 0 Å². The number of rotatable bonds is 3. The number of hydrogen-bond acceptors (Lipinski definition) is 5. The van der Waals surface area contributed by atoms with Crippen LogP contribution in [0.25, 0.3) is 11.1 Å². The zero-order valence-corrected chi connectivity index (χ0v) is 13.2. The van der Waals surface area contributed by atoms with E-state index < -0.39 is 0 Å². The summed E-state index contributed by atoms with van der Waals surface area (Å²) in [6.45, 7) is 0. The molecule has 2 aliphatic carbocycles. The predicted molar refractivity (Wildman–Crippen MR) is 87.0 cm³/mol. The van der Waals surface area contributed by atoms with Crippen LogP contribution in [0, 0.1) is 0 Å². The number of amides is 1. The van der Waals surface area contributed by atoms with E-state index in [1.54, 1.807) is 4.90 Å². The van der Waals surface area contributed by atoms with Crippen LogP contribution in [0.4, 0.5) is 6.01 Å². The van der Waals surface area contributed by atoms with Gasteiger partial charge in [-0.25, -0.2) is 0 Å². The van der Waals surface area contributed by atoms with Crippen molar-refractivity contribution in [2.45, 2.75) is 44.6 Å². The first-order chi connectivity index (χ1) is 11.8. The van der Waals surface area contributed by atoms with Crippen LogP contribution in [0.5, 0.6) is 0 Å². The number of para-hydroxylation sites is 2. The minimum Gasteiger partial charge on any atom is -0.423 e. The van der Waals surface area contributed by atoms with Gasteiger partial charge in [0.15, 0.2) is 11.3 Å². The lowest BCUT2D eigenvalue weighted by Crippen LogP contribution is -2.34. The van der Waals surface area contributed by atoms with Gasteiger partial charge in [0, 0.05) is 18.0 Å². The maximum Gasteiger partial charge on any atom is 0.305 e. The summed E-state index contributed by atoms with van der Waals surface area (Å²) in [5, 5.41) is 4.07. The summed E-state index contributed by atoms with van der Waals surface area (Å²) in [4.78, 5) is 19.3. The monoisotopic (exact) mass is 323 g/mol. The van der Waals surface area contributed by atoms with E-state index in [2.05, 4.69) is 10.1 Å². The van der Waals surface area contributed by atoms with Gasteiger partial charge in [0.25, 0.3) is 5.91 Å². The molecule has 0 saturated heterocycles. The highest BCUT2D eigenvalue weighted by molar-refractivity contribution is 6.05. The van der Waals surface area contributed by atoms with Crippen molar-refractivity contribution < 1.29 is 13.7 Å². The molecule has 0 N–H and O–H groups in total. The quantitative estimate of drug-likeness (QED) is 0.737. The normalized spacial score (nSPS) is 17.0. The van der Waals surface area contributed by atoms with E-state index in [1.807, 2.05) is 24.3 Å². The van der Waals surface area contributed by atoms with Gasteiger partial charge in [0.05, 0.1) is 0 Å². The number of oxazole rings is 1. The fraction of sp³-hybridized carbons (Fsp3) is 0.389. The third kappa shape index (κ3) is 2.13. The highest BCUT2D eigenvalue weighted by Gasteiger charge is 2.40. The van der Waals surface area contributed by atoms with Crippen LogP contribution in [0.15, 0.2) is 33.2 Å². The zero-order valence-electron chi connectivity index (χ0n) is 13.2. The Morgan fingerprint density at radius 1 is 1.17 bits per heavy atom. The summed E-state index contributed by atoms with van der Waals surface area (Å²) in [6, 6.07) is 8.05. The Bertz CT molecular complexity index is 890. The lowest BCUT2D eigenvalue weighted by atomic mass is 9.96. The Balaban J connectivity index is 1.56. The van der Waals surface area contributed by atoms with Crippen LogP contribution in [-0.2, 0) is 12.8 Å². The second-order valence-electron chi connectivity index (χ2n) is 6.51. The first kappa shape index (κ1) is 13.8. The molecule has 0 radical (unpaired) electrons. The number of benzene rings is 1. The third-order valence-corrected chi connectivity index (χ3v) is 4.77. The summed E-state index contributed by atoms with van der Waals surface area (Å²) in [5.41, 5.74) is 2.84. The molecule has 0 atom stereocenters. The van der Waals surface area contributed by atoms with E-state index in [9.17, 15) is 4.79 Å². The Hall–Kier alpha value is -2.63. The number of aromatic nitrogens is 2. The first-order valence-electron chi connectivity index (χ1n) is 8.48. The summed E-state index contributed by atoms with van der Waals surface area (Å²) in [5.74, 6) is 0.703.